The first-order valence-corrected chi connectivity index (χ1v) is 11.1. The monoisotopic (exact) mass is 478 g/mol. The predicted molar refractivity (Wildman–Crippen MR) is 115 cm³/mol. The lowest BCUT2D eigenvalue weighted by molar-refractivity contribution is -0.137. The molecule has 1 aromatic heterocycles. The van der Waals surface area contributed by atoms with Crippen LogP contribution in [0.1, 0.15) is 16.7 Å². The molecule has 0 bridgehead atoms. The van der Waals surface area contributed by atoms with Crippen LogP contribution in [-0.2, 0) is 22.7 Å². The molecule has 0 radical (unpaired) electrons. The van der Waals surface area contributed by atoms with Crippen molar-refractivity contribution in [3.63, 3.8) is 0 Å². The van der Waals surface area contributed by atoms with Crippen molar-refractivity contribution in [1.82, 2.24) is 9.97 Å². The van der Waals surface area contributed by atoms with Crippen LogP contribution in [-0.4, -0.2) is 29.7 Å². The van der Waals surface area contributed by atoms with E-state index >= 15 is 0 Å². The van der Waals surface area contributed by atoms with Gasteiger partial charge in [0.1, 0.15) is 23.2 Å². The molecule has 172 valence electrons. The second-order valence-corrected chi connectivity index (χ2v) is 8.60. The van der Waals surface area contributed by atoms with Gasteiger partial charge in [-0.3, -0.25) is 4.72 Å². The minimum Gasteiger partial charge on any atom is -0.506 e. The predicted octanol–water partition coefficient (Wildman–Crippen LogP) is 3.80. The zero-order valence-corrected chi connectivity index (χ0v) is 17.8. The fraction of sp³-hybridized carbons (Fsp3) is 0.150. The van der Waals surface area contributed by atoms with Crippen molar-refractivity contribution in [2.75, 3.05) is 21.6 Å². The van der Waals surface area contributed by atoms with Crippen molar-refractivity contribution in [2.24, 2.45) is 0 Å². The number of phenolic OH excluding ortho intramolecular Hbond substituents is 1. The van der Waals surface area contributed by atoms with Crippen molar-refractivity contribution < 1.29 is 26.7 Å². The fourth-order valence-corrected chi connectivity index (χ4v) is 3.32. The summed E-state index contributed by atoms with van der Waals surface area (Å²) in [5.74, 6) is -0.989. The van der Waals surface area contributed by atoms with Gasteiger partial charge in [-0.2, -0.15) is 23.4 Å². The van der Waals surface area contributed by atoms with E-state index in [-0.39, 0.29) is 35.2 Å². The SMILES string of the molecule is CS(=O)(=O)Nc1cccc(CNc2nc(Nc3ccc(C#N)c(O)c3)ncc2C(F)(F)F)c1. The van der Waals surface area contributed by atoms with Crippen LogP contribution in [0.4, 0.5) is 36.3 Å². The fourth-order valence-electron chi connectivity index (χ4n) is 2.76. The first kappa shape index (κ1) is 23.6. The van der Waals surface area contributed by atoms with E-state index in [4.69, 9.17) is 5.26 Å². The molecule has 0 spiro atoms. The number of halogens is 3. The Morgan fingerprint density at radius 1 is 1.15 bits per heavy atom. The molecule has 9 nitrogen and oxygen atoms in total. The van der Waals surface area contributed by atoms with E-state index in [1.807, 2.05) is 0 Å². The lowest BCUT2D eigenvalue weighted by atomic mass is 10.2. The van der Waals surface area contributed by atoms with E-state index in [9.17, 15) is 26.7 Å². The summed E-state index contributed by atoms with van der Waals surface area (Å²) in [6, 6.07) is 11.9. The van der Waals surface area contributed by atoms with Crippen LogP contribution in [0, 0.1) is 11.3 Å². The van der Waals surface area contributed by atoms with E-state index in [1.165, 1.54) is 30.3 Å². The van der Waals surface area contributed by atoms with E-state index in [0.29, 0.717) is 11.8 Å². The Balaban J connectivity index is 1.85. The maximum atomic E-state index is 13.4. The summed E-state index contributed by atoms with van der Waals surface area (Å²) in [7, 11) is -3.51. The number of rotatable bonds is 7. The number of nitrogens with zero attached hydrogens (tertiary/aromatic N) is 3. The molecule has 0 saturated carbocycles. The molecule has 4 N–H and O–H groups in total. The third-order valence-corrected chi connectivity index (χ3v) is 4.77. The molecule has 0 fully saturated rings. The topological polar surface area (TPSA) is 140 Å². The number of aromatic hydroxyl groups is 1. The van der Waals surface area contributed by atoms with Gasteiger partial charge in [0.25, 0.3) is 0 Å². The number of hydrogen-bond acceptors (Lipinski definition) is 8. The highest BCUT2D eigenvalue weighted by atomic mass is 32.2. The number of benzene rings is 2. The van der Waals surface area contributed by atoms with E-state index in [0.717, 1.165) is 6.26 Å². The summed E-state index contributed by atoms with van der Waals surface area (Å²) in [5, 5.41) is 23.9. The molecule has 3 aromatic rings. The van der Waals surface area contributed by atoms with Gasteiger partial charge >= 0.3 is 6.18 Å². The first-order chi connectivity index (χ1) is 15.4. The van der Waals surface area contributed by atoms with Crippen molar-refractivity contribution in [3.8, 4) is 11.8 Å². The molecule has 0 aliphatic carbocycles. The van der Waals surface area contributed by atoms with Crippen LogP contribution in [0.3, 0.4) is 0 Å². The highest BCUT2D eigenvalue weighted by Gasteiger charge is 2.35. The summed E-state index contributed by atoms with van der Waals surface area (Å²) < 4.78 is 65.4. The largest absolute Gasteiger partial charge is 0.506 e. The van der Waals surface area contributed by atoms with Gasteiger partial charge in [-0.15, -0.1) is 0 Å². The minimum atomic E-state index is -4.73. The lowest BCUT2D eigenvalue weighted by Gasteiger charge is -2.15. The van der Waals surface area contributed by atoms with Gasteiger partial charge in [-0.1, -0.05) is 12.1 Å². The van der Waals surface area contributed by atoms with Crippen molar-refractivity contribution >= 4 is 33.2 Å². The van der Waals surface area contributed by atoms with Gasteiger partial charge in [0.15, 0.2) is 0 Å². The van der Waals surface area contributed by atoms with Gasteiger partial charge in [0.05, 0.1) is 11.8 Å². The maximum absolute atomic E-state index is 13.4. The summed E-state index contributed by atoms with van der Waals surface area (Å²) >= 11 is 0. The Morgan fingerprint density at radius 3 is 2.55 bits per heavy atom. The standard InChI is InChI=1S/C20H17F3N6O3S/c1-33(31,32)29-15-4-2-3-12(7-15)10-25-18-16(20(21,22)23)11-26-19(28-18)27-14-6-5-13(9-24)17(30)8-14/h2-8,11,29-30H,10H2,1H3,(H2,25,26,27,28). The highest BCUT2D eigenvalue weighted by Crippen LogP contribution is 2.34. The number of aromatic nitrogens is 2. The quantitative estimate of drug-likeness (QED) is 0.402. The number of nitriles is 1. The molecule has 0 amide bonds. The Hall–Kier alpha value is -4.05. The van der Waals surface area contributed by atoms with Crippen LogP contribution in [0.5, 0.6) is 5.75 Å². The Labute approximate surface area is 187 Å². The number of sulfonamides is 1. The van der Waals surface area contributed by atoms with Crippen LogP contribution >= 0.6 is 0 Å². The second kappa shape index (κ2) is 9.21. The Kier molecular flexibility index (Phi) is 6.59. The number of hydrogen-bond donors (Lipinski definition) is 4. The molecule has 1 heterocycles. The third kappa shape index (κ3) is 6.47. The smallest absolute Gasteiger partial charge is 0.421 e. The molecule has 3 rings (SSSR count). The van der Waals surface area contributed by atoms with Crippen LogP contribution < -0.4 is 15.4 Å². The molecule has 0 saturated heterocycles. The molecule has 0 unspecified atom stereocenters. The van der Waals surface area contributed by atoms with Crippen LogP contribution in [0.15, 0.2) is 48.7 Å². The van der Waals surface area contributed by atoms with Crippen molar-refractivity contribution in [2.45, 2.75) is 12.7 Å². The average molecular weight is 478 g/mol. The highest BCUT2D eigenvalue weighted by molar-refractivity contribution is 7.92. The first-order valence-electron chi connectivity index (χ1n) is 9.19. The number of anilines is 4. The summed E-state index contributed by atoms with van der Waals surface area (Å²) in [6.45, 7) is -0.0868. The average Bonchev–Trinajstić information content (AvgIpc) is 2.71. The molecular formula is C20H17F3N6O3S. The molecule has 0 aliphatic rings. The Bertz CT molecular complexity index is 1320. The number of nitrogens with one attached hydrogen (secondary N) is 3. The number of phenols is 1. The van der Waals surface area contributed by atoms with Gasteiger partial charge in [-0.25, -0.2) is 13.4 Å². The lowest BCUT2D eigenvalue weighted by Crippen LogP contribution is -2.14. The molecule has 0 aliphatic heterocycles. The van der Waals surface area contributed by atoms with E-state index in [1.54, 1.807) is 18.2 Å². The molecule has 0 atom stereocenters. The van der Waals surface area contributed by atoms with Gasteiger partial charge < -0.3 is 15.7 Å². The van der Waals surface area contributed by atoms with Crippen molar-refractivity contribution in [3.05, 3.63) is 65.4 Å². The minimum absolute atomic E-state index is 0.0313. The molecule has 2 aromatic carbocycles. The van der Waals surface area contributed by atoms with Gasteiger partial charge in [0.2, 0.25) is 16.0 Å². The molecule has 13 heteroatoms. The number of alkyl halides is 3. The van der Waals surface area contributed by atoms with E-state index < -0.39 is 27.6 Å². The van der Waals surface area contributed by atoms with Crippen LogP contribution in [0.2, 0.25) is 0 Å². The summed E-state index contributed by atoms with van der Waals surface area (Å²) in [5.41, 5.74) is -0.0397. The van der Waals surface area contributed by atoms with E-state index in [2.05, 4.69) is 25.3 Å². The van der Waals surface area contributed by atoms with Crippen LogP contribution in [0.25, 0.3) is 0 Å². The maximum Gasteiger partial charge on any atom is 0.421 e. The zero-order chi connectivity index (χ0) is 24.2. The van der Waals surface area contributed by atoms with Gasteiger partial charge in [0, 0.05) is 30.2 Å². The summed E-state index contributed by atoms with van der Waals surface area (Å²) in [4.78, 5) is 7.57. The second-order valence-electron chi connectivity index (χ2n) is 6.85. The normalized spacial score (nSPS) is 11.5. The van der Waals surface area contributed by atoms with Gasteiger partial charge in [-0.05, 0) is 29.8 Å². The summed E-state index contributed by atoms with van der Waals surface area (Å²) in [6.07, 6.45) is -3.13. The Morgan fingerprint density at radius 2 is 1.91 bits per heavy atom. The van der Waals surface area contributed by atoms with Crippen molar-refractivity contribution in [1.29, 1.82) is 5.26 Å². The zero-order valence-electron chi connectivity index (χ0n) is 17.0. The third-order valence-electron chi connectivity index (χ3n) is 4.16. The molecular weight excluding hydrogens is 461 g/mol. The molecule has 33 heavy (non-hydrogen) atoms.